The van der Waals surface area contributed by atoms with Crippen LogP contribution in [0, 0.1) is 10.1 Å². The van der Waals surface area contributed by atoms with Gasteiger partial charge in [0.2, 0.25) is 0 Å². The lowest BCUT2D eigenvalue weighted by molar-refractivity contribution is -0.385. The first-order valence-electron chi connectivity index (χ1n) is 5.46. The van der Waals surface area contributed by atoms with Gasteiger partial charge in [-0.1, -0.05) is 23.4 Å². The number of nitro groups is 1. The Bertz CT molecular complexity index is 448. The number of amidine groups is 1. The van der Waals surface area contributed by atoms with Crippen LogP contribution in [0.4, 0.5) is 5.69 Å². The minimum Gasteiger partial charge on any atom is -0.409 e. The third kappa shape index (κ3) is 4.02. The molecule has 0 spiro atoms. The maximum atomic E-state index is 10.8. The molecule has 0 fully saturated rings. The van der Waals surface area contributed by atoms with Gasteiger partial charge < -0.3 is 16.3 Å². The number of para-hydroxylation sites is 1. The number of hydrogen-bond acceptors (Lipinski definition) is 5. The Morgan fingerprint density at radius 2 is 2.28 bits per heavy atom. The van der Waals surface area contributed by atoms with Gasteiger partial charge in [-0.3, -0.25) is 10.1 Å². The summed E-state index contributed by atoms with van der Waals surface area (Å²) in [7, 11) is 0. The molecule has 98 valence electrons. The van der Waals surface area contributed by atoms with E-state index in [1.54, 1.807) is 18.2 Å². The van der Waals surface area contributed by atoms with E-state index in [1.807, 2.05) is 6.92 Å². The maximum Gasteiger partial charge on any atom is 0.273 e. The Kier molecular flexibility index (Phi) is 5.06. The normalized spacial score (nSPS) is 13.3. The van der Waals surface area contributed by atoms with Crippen molar-refractivity contribution >= 4 is 11.5 Å². The molecule has 7 nitrogen and oxygen atoms in total. The zero-order valence-electron chi connectivity index (χ0n) is 10.0. The molecule has 0 bridgehead atoms. The number of oxime groups is 1. The molecule has 1 aromatic rings. The summed E-state index contributed by atoms with van der Waals surface area (Å²) in [5.74, 6) is 0.123. The summed E-state index contributed by atoms with van der Waals surface area (Å²) in [6.45, 7) is 2.21. The summed E-state index contributed by atoms with van der Waals surface area (Å²) >= 11 is 0. The highest BCUT2D eigenvalue weighted by atomic mass is 16.6. The predicted molar refractivity (Wildman–Crippen MR) is 67.4 cm³/mol. The van der Waals surface area contributed by atoms with Gasteiger partial charge in [-0.2, -0.15) is 0 Å². The Balaban J connectivity index is 2.61. The molecule has 0 heterocycles. The van der Waals surface area contributed by atoms with Crippen molar-refractivity contribution < 1.29 is 10.1 Å². The summed E-state index contributed by atoms with van der Waals surface area (Å²) in [5.41, 5.74) is 6.06. The average Bonchev–Trinajstić information content (AvgIpc) is 2.36. The van der Waals surface area contributed by atoms with Crippen LogP contribution in [0.1, 0.15) is 18.9 Å². The molecule has 0 aromatic heterocycles. The Morgan fingerprint density at radius 3 is 2.89 bits per heavy atom. The van der Waals surface area contributed by atoms with E-state index >= 15 is 0 Å². The fourth-order valence-electron chi connectivity index (χ4n) is 1.55. The van der Waals surface area contributed by atoms with Crippen molar-refractivity contribution in [2.75, 3.05) is 0 Å². The summed E-state index contributed by atoms with van der Waals surface area (Å²) < 4.78 is 0. The van der Waals surface area contributed by atoms with Crippen LogP contribution >= 0.6 is 0 Å². The van der Waals surface area contributed by atoms with E-state index < -0.39 is 4.92 Å². The molecule has 1 unspecified atom stereocenters. The van der Waals surface area contributed by atoms with Crippen LogP contribution in [-0.4, -0.2) is 22.0 Å². The first-order chi connectivity index (χ1) is 8.54. The summed E-state index contributed by atoms with van der Waals surface area (Å²) in [6, 6.07) is 6.49. The van der Waals surface area contributed by atoms with E-state index in [-0.39, 0.29) is 17.6 Å². The van der Waals surface area contributed by atoms with E-state index in [0.29, 0.717) is 18.5 Å². The molecule has 0 aliphatic rings. The fraction of sp³-hybridized carbons (Fsp3) is 0.364. The van der Waals surface area contributed by atoms with Gasteiger partial charge >= 0.3 is 0 Å². The van der Waals surface area contributed by atoms with Gasteiger partial charge in [-0.25, -0.2) is 0 Å². The molecule has 7 heteroatoms. The molecular formula is C11H16N4O3. The second-order valence-electron chi connectivity index (χ2n) is 3.96. The van der Waals surface area contributed by atoms with Crippen molar-refractivity contribution in [3.63, 3.8) is 0 Å². The molecule has 1 atom stereocenters. The van der Waals surface area contributed by atoms with Crippen LogP contribution in [0.2, 0.25) is 0 Å². The van der Waals surface area contributed by atoms with Gasteiger partial charge in [0.05, 0.1) is 4.92 Å². The van der Waals surface area contributed by atoms with Crippen molar-refractivity contribution in [2.24, 2.45) is 10.9 Å². The molecule has 0 amide bonds. The van der Waals surface area contributed by atoms with Crippen LogP contribution in [0.3, 0.4) is 0 Å². The van der Waals surface area contributed by atoms with E-state index in [2.05, 4.69) is 10.5 Å². The molecule has 0 saturated carbocycles. The zero-order chi connectivity index (χ0) is 13.5. The molecule has 0 aliphatic heterocycles. The van der Waals surface area contributed by atoms with Crippen molar-refractivity contribution in [3.8, 4) is 0 Å². The second kappa shape index (κ2) is 6.55. The minimum absolute atomic E-state index is 0.0410. The van der Waals surface area contributed by atoms with Gasteiger partial charge in [0.1, 0.15) is 5.84 Å². The number of benzene rings is 1. The summed E-state index contributed by atoms with van der Waals surface area (Å²) in [5, 5.41) is 25.2. The highest BCUT2D eigenvalue weighted by molar-refractivity contribution is 5.80. The van der Waals surface area contributed by atoms with Gasteiger partial charge in [-0.05, 0) is 6.92 Å². The third-order valence-corrected chi connectivity index (χ3v) is 2.47. The lowest BCUT2D eigenvalue weighted by Gasteiger charge is -2.12. The van der Waals surface area contributed by atoms with Crippen molar-refractivity contribution in [3.05, 3.63) is 39.9 Å². The van der Waals surface area contributed by atoms with Gasteiger partial charge in [0.25, 0.3) is 5.69 Å². The van der Waals surface area contributed by atoms with E-state index in [9.17, 15) is 10.1 Å². The van der Waals surface area contributed by atoms with Crippen LogP contribution < -0.4 is 11.1 Å². The zero-order valence-corrected chi connectivity index (χ0v) is 10.0. The van der Waals surface area contributed by atoms with Crippen LogP contribution in [-0.2, 0) is 6.54 Å². The molecule has 0 aliphatic carbocycles. The summed E-state index contributed by atoms with van der Waals surface area (Å²) in [6.07, 6.45) is 0.372. The molecule has 4 N–H and O–H groups in total. The minimum atomic E-state index is -0.411. The first-order valence-corrected chi connectivity index (χ1v) is 5.46. The highest BCUT2D eigenvalue weighted by Gasteiger charge is 2.13. The standard InChI is InChI=1S/C11H16N4O3/c1-8(6-11(12)14-16)13-7-9-4-2-3-5-10(9)15(17)18/h2-5,8,13,16H,6-7H2,1H3,(H2,12,14). The lowest BCUT2D eigenvalue weighted by atomic mass is 10.1. The molecule has 0 saturated heterocycles. The van der Waals surface area contributed by atoms with E-state index in [4.69, 9.17) is 10.9 Å². The number of nitro benzene ring substituents is 1. The van der Waals surface area contributed by atoms with Crippen LogP contribution in [0.15, 0.2) is 29.4 Å². The van der Waals surface area contributed by atoms with Gasteiger partial charge in [0.15, 0.2) is 0 Å². The molecular weight excluding hydrogens is 236 g/mol. The highest BCUT2D eigenvalue weighted by Crippen LogP contribution is 2.17. The molecule has 1 aromatic carbocycles. The van der Waals surface area contributed by atoms with E-state index in [1.165, 1.54) is 6.07 Å². The predicted octanol–water partition coefficient (Wildman–Crippen LogP) is 1.21. The fourth-order valence-corrected chi connectivity index (χ4v) is 1.55. The monoisotopic (exact) mass is 252 g/mol. The Hall–Kier alpha value is -2.15. The topological polar surface area (TPSA) is 114 Å². The quantitative estimate of drug-likeness (QED) is 0.231. The maximum absolute atomic E-state index is 10.8. The van der Waals surface area contributed by atoms with E-state index in [0.717, 1.165) is 0 Å². The smallest absolute Gasteiger partial charge is 0.273 e. The number of hydrogen-bond donors (Lipinski definition) is 3. The molecule has 1 rings (SSSR count). The summed E-state index contributed by atoms with van der Waals surface area (Å²) in [4.78, 5) is 10.4. The number of nitrogens with two attached hydrogens (primary N) is 1. The van der Waals surface area contributed by atoms with Crippen molar-refractivity contribution in [2.45, 2.75) is 25.9 Å². The Labute approximate surface area is 104 Å². The number of nitrogens with one attached hydrogen (secondary N) is 1. The number of nitrogens with zero attached hydrogens (tertiary/aromatic N) is 2. The largest absolute Gasteiger partial charge is 0.409 e. The molecule has 0 radical (unpaired) electrons. The van der Waals surface area contributed by atoms with Gasteiger partial charge in [0, 0.05) is 30.6 Å². The van der Waals surface area contributed by atoms with Gasteiger partial charge in [-0.15, -0.1) is 0 Å². The van der Waals surface area contributed by atoms with Crippen molar-refractivity contribution in [1.29, 1.82) is 0 Å². The van der Waals surface area contributed by atoms with Crippen molar-refractivity contribution in [1.82, 2.24) is 5.32 Å². The lowest BCUT2D eigenvalue weighted by Crippen LogP contribution is -2.30. The van der Waals surface area contributed by atoms with Crippen LogP contribution in [0.5, 0.6) is 0 Å². The first kappa shape index (κ1) is 13.9. The molecule has 18 heavy (non-hydrogen) atoms. The average molecular weight is 252 g/mol. The Morgan fingerprint density at radius 1 is 1.61 bits per heavy atom. The van der Waals surface area contributed by atoms with Crippen LogP contribution in [0.25, 0.3) is 0 Å². The number of rotatable bonds is 6. The SMILES string of the molecule is CC(CC(N)=NO)NCc1ccccc1[N+](=O)[O-]. The third-order valence-electron chi connectivity index (χ3n) is 2.47. The second-order valence-corrected chi connectivity index (χ2v) is 3.96.